The van der Waals surface area contributed by atoms with Crippen LogP contribution in [0, 0.1) is 0 Å². The van der Waals surface area contributed by atoms with Crippen LogP contribution < -0.4 is 9.26 Å². The van der Waals surface area contributed by atoms with Crippen LogP contribution in [0.3, 0.4) is 0 Å². The van der Waals surface area contributed by atoms with Gasteiger partial charge in [0.15, 0.2) is 11.5 Å². The Morgan fingerprint density at radius 1 is 1.20 bits per heavy atom. The van der Waals surface area contributed by atoms with Crippen LogP contribution in [-0.4, -0.2) is 28.4 Å². The van der Waals surface area contributed by atoms with Crippen molar-refractivity contribution in [1.82, 2.24) is 9.97 Å². The van der Waals surface area contributed by atoms with Gasteiger partial charge in [0.1, 0.15) is 10.8 Å². The molecule has 2 aromatic rings. The zero-order chi connectivity index (χ0) is 14.7. The number of nitrogens with zero attached hydrogens (tertiary/aromatic N) is 2. The summed E-state index contributed by atoms with van der Waals surface area (Å²) < 4.78 is 11.2. The first-order valence-electron chi connectivity index (χ1n) is 5.50. The maximum atomic E-state index is 9.51. The maximum Gasteiger partial charge on any atom is 0.242 e. The Bertz CT molecular complexity index is 626. The fourth-order valence-electron chi connectivity index (χ4n) is 1.36. The van der Waals surface area contributed by atoms with E-state index in [1.165, 1.54) is 18.3 Å². The van der Waals surface area contributed by atoms with Crippen LogP contribution in [0.25, 0.3) is 0 Å². The number of aromatic hydroxyl groups is 1. The molecular formula is C12H11Cl2N2O3P. The highest BCUT2D eigenvalue weighted by Crippen LogP contribution is 2.41. The summed E-state index contributed by atoms with van der Waals surface area (Å²) in [6.45, 7) is 3.86. The molecular weight excluding hydrogens is 322 g/mol. The molecule has 1 aromatic heterocycles. The fourth-order valence-corrected chi connectivity index (χ4v) is 2.15. The summed E-state index contributed by atoms with van der Waals surface area (Å²) in [5, 5.41) is 9.77. The number of hydrogen-bond donors (Lipinski definition) is 1. The van der Waals surface area contributed by atoms with E-state index in [1.54, 1.807) is 6.07 Å². The lowest BCUT2D eigenvalue weighted by atomic mass is 10.3. The van der Waals surface area contributed by atoms with Gasteiger partial charge in [-0.05, 0) is 37.1 Å². The largest absolute Gasteiger partial charge is 0.508 e. The summed E-state index contributed by atoms with van der Waals surface area (Å²) in [6.07, 6.45) is 1.35. The van der Waals surface area contributed by atoms with E-state index in [1.807, 2.05) is 13.3 Å². The second-order valence-corrected chi connectivity index (χ2v) is 6.48. The Morgan fingerprint density at radius 2 is 1.95 bits per heavy atom. The van der Waals surface area contributed by atoms with Gasteiger partial charge in [-0.25, -0.2) is 4.98 Å². The smallest absolute Gasteiger partial charge is 0.242 e. The molecule has 0 aliphatic carbocycles. The second kappa shape index (κ2) is 6.44. The van der Waals surface area contributed by atoms with Crippen molar-refractivity contribution in [3.63, 3.8) is 0 Å². The van der Waals surface area contributed by atoms with Crippen LogP contribution >= 0.6 is 31.4 Å². The highest BCUT2D eigenvalue weighted by Gasteiger charge is 2.13. The van der Waals surface area contributed by atoms with Gasteiger partial charge in [-0.3, -0.25) is 0 Å². The third-order valence-corrected chi connectivity index (χ3v) is 3.10. The van der Waals surface area contributed by atoms with Crippen molar-refractivity contribution in [2.24, 2.45) is 0 Å². The number of rotatable bonds is 4. The lowest BCUT2D eigenvalue weighted by molar-refractivity contribution is 0.431. The molecule has 0 aliphatic rings. The lowest BCUT2D eigenvalue weighted by Gasteiger charge is -2.14. The summed E-state index contributed by atoms with van der Waals surface area (Å²) in [6, 6.07) is 4.51. The normalized spacial score (nSPS) is 10.7. The molecule has 8 heteroatoms. The summed E-state index contributed by atoms with van der Waals surface area (Å²) >= 11 is 11.6. The summed E-state index contributed by atoms with van der Waals surface area (Å²) in [5.41, 5.74) is 0. The van der Waals surface area contributed by atoms with Crippen molar-refractivity contribution in [2.45, 2.75) is 0 Å². The minimum atomic E-state index is -0.677. The Morgan fingerprint density at radius 3 is 2.65 bits per heavy atom. The molecule has 0 unspecified atom stereocenters. The zero-order valence-electron chi connectivity index (χ0n) is 10.7. The van der Waals surface area contributed by atoms with Crippen LogP contribution in [-0.2, 0) is 0 Å². The third-order valence-electron chi connectivity index (χ3n) is 2.10. The molecule has 2 rings (SSSR count). The molecule has 0 spiro atoms. The van der Waals surface area contributed by atoms with E-state index in [0.29, 0.717) is 11.5 Å². The number of phenolic OH excluding ortho intramolecular Hbond substituents is 1. The van der Waals surface area contributed by atoms with Gasteiger partial charge >= 0.3 is 0 Å². The van der Waals surface area contributed by atoms with Gasteiger partial charge in [0.25, 0.3) is 0 Å². The quantitative estimate of drug-likeness (QED) is 0.667. The Balaban J connectivity index is 2.35. The molecule has 1 aromatic carbocycles. The van der Waals surface area contributed by atoms with Gasteiger partial charge in [0.05, 0.1) is 14.3 Å². The maximum absolute atomic E-state index is 9.51. The number of benzene rings is 1. The van der Waals surface area contributed by atoms with Gasteiger partial charge in [-0.15, -0.1) is 0 Å². The molecule has 0 saturated carbocycles. The molecule has 0 aliphatic heterocycles. The molecule has 0 atom stereocenters. The topological polar surface area (TPSA) is 64.5 Å². The van der Waals surface area contributed by atoms with Gasteiger partial charge < -0.3 is 14.4 Å². The predicted molar refractivity (Wildman–Crippen MR) is 79.6 cm³/mol. The van der Waals surface area contributed by atoms with E-state index in [4.69, 9.17) is 32.5 Å². The molecule has 5 nitrogen and oxygen atoms in total. The molecule has 0 bridgehead atoms. The van der Waals surface area contributed by atoms with Gasteiger partial charge in [-0.2, -0.15) is 4.98 Å². The Kier molecular flexibility index (Phi) is 4.86. The van der Waals surface area contributed by atoms with Gasteiger partial charge in [0, 0.05) is 6.07 Å². The van der Waals surface area contributed by atoms with Crippen LogP contribution in [0.5, 0.6) is 23.1 Å². The first kappa shape index (κ1) is 15.1. The average molecular weight is 333 g/mol. The molecule has 0 radical (unpaired) electrons. The van der Waals surface area contributed by atoms with E-state index < -0.39 is 8.15 Å². The number of halogens is 2. The molecule has 0 amide bonds. The average Bonchev–Trinajstić information content (AvgIpc) is 2.36. The predicted octanol–water partition coefficient (Wildman–Crippen LogP) is 4.32. The van der Waals surface area contributed by atoms with Crippen molar-refractivity contribution in [2.75, 3.05) is 13.3 Å². The first-order chi connectivity index (χ1) is 9.45. The van der Waals surface area contributed by atoms with Crippen LogP contribution in [0.4, 0.5) is 0 Å². The van der Waals surface area contributed by atoms with Crippen LogP contribution in [0.1, 0.15) is 0 Å². The highest BCUT2D eigenvalue weighted by atomic mass is 35.5. The minimum Gasteiger partial charge on any atom is -0.508 e. The number of ether oxygens (including phenoxy) is 1. The van der Waals surface area contributed by atoms with Crippen LogP contribution in [0.2, 0.25) is 10.3 Å². The zero-order valence-corrected chi connectivity index (χ0v) is 13.1. The number of hydrogen-bond acceptors (Lipinski definition) is 5. The van der Waals surface area contributed by atoms with E-state index in [-0.39, 0.29) is 21.9 Å². The molecule has 0 saturated heterocycles. The molecule has 0 fully saturated rings. The van der Waals surface area contributed by atoms with E-state index in [0.717, 1.165) is 0 Å². The van der Waals surface area contributed by atoms with Crippen molar-refractivity contribution in [3.05, 3.63) is 34.7 Å². The molecule has 1 heterocycles. The highest BCUT2D eigenvalue weighted by molar-refractivity contribution is 7.51. The van der Waals surface area contributed by atoms with Gasteiger partial charge in [-0.1, -0.05) is 11.6 Å². The van der Waals surface area contributed by atoms with Crippen molar-refractivity contribution in [3.8, 4) is 23.1 Å². The van der Waals surface area contributed by atoms with E-state index in [2.05, 4.69) is 9.97 Å². The lowest BCUT2D eigenvalue weighted by Crippen LogP contribution is -1.94. The van der Waals surface area contributed by atoms with Crippen molar-refractivity contribution < 1.29 is 14.4 Å². The SMILES string of the molecule is CP(C)Oc1cc(O)ccc1Oc1nc(Cl)ncc1Cl. The first-order valence-corrected chi connectivity index (χ1v) is 8.41. The van der Waals surface area contributed by atoms with Crippen molar-refractivity contribution >= 4 is 31.4 Å². The Hall–Kier alpha value is -1.29. The summed E-state index contributed by atoms with van der Waals surface area (Å²) in [7, 11) is -0.677. The van der Waals surface area contributed by atoms with Gasteiger partial charge in [0.2, 0.25) is 11.2 Å². The summed E-state index contributed by atoms with van der Waals surface area (Å²) in [5.74, 6) is 0.998. The van der Waals surface area contributed by atoms with E-state index >= 15 is 0 Å². The monoisotopic (exact) mass is 332 g/mol. The standard InChI is InChI=1S/C12H11Cl2N2O3P/c1-20(2)19-10-5-7(17)3-4-9(10)18-11-8(13)6-15-12(14)16-11/h3-6,17H,1-2H3. The fraction of sp³-hybridized carbons (Fsp3) is 0.167. The van der Waals surface area contributed by atoms with Crippen LogP contribution in [0.15, 0.2) is 24.4 Å². The molecule has 106 valence electrons. The number of phenols is 1. The number of aromatic nitrogens is 2. The second-order valence-electron chi connectivity index (χ2n) is 3.93. The van der Waals surface area contributed by atoms with E-state index in [9.17, 15) is 5.11 Å². The van der Waals surface area contributed by atoms with Crippen molar-refractivity contribution in [1.29, 1.82) is 0 Å². The third kappa shape index (κ3) is 3.85. The minimum absolute atomic E-state index is 0.0267. The molecule has 1 N–H and O–H groups in total. The Labute approximate surface area is 127 Å². The summed E-state index contributed by atoms with van der Waals surface area (Å²) in [4.78, 5) is 7.64. The molecule has 20 heavy (non-hydrogen) atoms.